The van der Waals surface area contributed by atoms with Crippen LogP contribution < -0.4 is 14.4 Å². The molecule has 0 saturated carbocycles. The number of carbonyl (C=O) groups excluding carboxylic acids is 2. The fourth-order valence-corrected chi connectivity index (χ4v) is 6.56. The third kappa shape index (κ3) is 5.28. The van der Waals surface area contributed by atoms with Crippen LogP contribution in [0.2, 0.25) is 0 Å². The smallest absolute Gasteiger partial charge is 0.267 e. The van der Waals surface area contributed by atoms with Crippen LogP contribution in [0.3, 0.4) is 0 Å². The molecule has 3 heterocycles. The first-order chi connectivity index (χ1) is 16.9. The summed E-state index contributed by atoms with van der Waals surface area (Å²) < 4.78 is 35.7. The minimum absolute atomic E-state index is 0.0114. The van der Waals surface area contributed by atoms with E-state index in [0.717, 1.165) is 0 Å². The third-order valence-corrected chi connectivity index (χ3v) is 8.45. The number of sulfone groups is 1. The van der Waals surface area contributed by atoms with E-state index in [1.165, 1.54) is 0 Å². The summed E-state index contributed by atoms with van der Waals surface area (Å²) in [6.07, 6.45) is -0.242. The monoisotopic (exact) mass is 499 g/mol. The lowest BCUT2D eigenvalue weighted by molar-refractivity contribution is -0.143. The number of piperazine rings is 1. The molecule has 2 amide bonds. The van der Waals surface area contributed by atoms with E-state index < -0.39 is 15.9 Å². The van der Waals surface area contributed by atoms with Crippen LogP contribution in [0, 0.1) is 0 Å². The molecule has 35 heavy (non-hydrogen) atoms. The van der Waals surface area contributed by atoms with Crippen molar-refractivity contribution in [1.29, 1.82) is 0 Å². The zero-order valence-corrected chi connectivity index (χ0v) is 20.2. The first-order valence-electron chi connectivity index (χ1n) is 11.9. The number of rotatable bonds is 5. The van der Waals surface area contributed by atoms with Crippen LogP contribution >= 0.6 is 0 Å². The molecule has 0 aromatic heterocycles. The number of benzene rings is 2. The van der Waals surface area contributed by atoms with Crippen molar-refractivity contribution in [1.82, 2.24) is 9.80 Å². The predicted molar refractivity (Wildman–Crippen MR) is 130 cm³/mol. The lowest BCUT2D eigenvalue weighted by atomic mass is 10.1. The number of para-hydroxylation sites is 3. The summed E-state index contributed by atoms with van der Waals surface area (Å²) in [6, 6.07) is 16.2. The molecule has 0 unspecified atom stereocenters. The number of nitrogens with zero attached hydrogens (tertiary/aromatic N) is 3. The van der Waals surface area contributed by atoms with E-state index in [0.29, 0.717) is 49.8 Å². The van der Waals surface area contributed by atoms with Gasteiger partial charge in [0.25, 0.3) is 5.91 Å². The summed E-state index contributed by atoms with van der Waals surface area (Å²) in [6.45, 7) is 2.41. The molecule has 3 aliphatic heterocycles. The third-order valence-electron chi connectivity index (χ3n) is 6.70. The summed E-state index contributed by atoms with van der Waals surface area (Å²) in [4.78, 5) is 31.8. The van der Waals surface area contributed by atoms with Crippen LogP contribution in [0.15, 0.2) is 54.6 Å². The van der Waals surface area contributed by atoms with Crippen LogP contribution in [0.5, 0.6) is 11.5 Å². The van der Waals surface area contributed by atoms with Crippen molar-refractivity contribution in [3.05, 3.63) is 54.6 Å². The van der Waals surface area contributed by atoms with E-state index in [1.54, 1.807) is 15.9 Å². The zero-order valence-electron chi connectivity index (χ0n) is 19.4. The highest BCUT2D eigenvalue weighted by Crippen LogP contribution is 2.31. The largest absolute Gasteiger partial charge is 0.485 e. The number of hydrogen-bond acceptors (Lipinski definition) is 7. The molecule has 2 saturated heterocycles. The maximum Gasteiger partial charge on any atom is 0.267 e. The standard InChI is InChI=1S/C25H29N3O6S/c29-24(28(19-6-2-1-3-7-19)20-10-15-35(31,32)18-20)16-26-11-13-27(14-12-26)25(30)23-17-33-21-8-4-5-9-22(21)34-23/h1-9,20,23H,10-18H2/t20-,23-/m1/s1. The van der Waals surface area contributed by atoms with E-state index in [2.05, 4.69) is 0 Å². The van der Waals surface area contributed by atoms with Gasteiger partial charge in [0.1, 0.15) is 6.61 Å². The topological polar surface area (TPSA) is 96.5 Å². The van der Waals surface area contributed by atoms with Crippen LogP contribution in [-0.2, 0) is 19.4 Å². The van der Waals surface area contributed by atoms with Crippen molar-refractivity contribution in [2.45, 2.75) is 18.6 Å². The molecule has 9 nitrogen and oxygen atoms in total. The van der Waals surface area contributed by atoms with Gasteiger partial charge in [-0.05, 0) is 30.7 Å². The van der Waals surface area contributed by atoms with Crippen molar-refractivity contribution in [3.63, 3.8) is 0 Å². The molecule has 0 radical (unpaired) electrons. The van der Waals surface area contributed by atoms with Gasteiger partial charge in [0.15, 0.2) is 21.3 Å². The maximum absolute atomic E-state index is 13.4. The van der Waals surface area contributed by atoms with Gasteiger partial charge in [-0.1, -0.05) is 30.3 Å². The summed E-state index contributed by atoms with van der Waals surface area (Å²) in [5.74, 6) is 1.05. The quantitative estimate of drug-likeness (QED) is 0.610. The van der Waals surface area contributed by atoms with Gasteiger partial charge in [-0.15, -0.1) is 0 Å². The second kappa shape index (κ2) is 9.87. The molecule has 0 bridgehead atoms. The Hall–Kier alpha value is -3.11. The van der Waals surface area contributed by atoms with Gasteiger partial charge in [-0.3, -0.25) is 14.5 Å². The van der Waals surface area contributed by atoms with E-state index >= 15 is 0 Å². The number of amides is 2. The van der Waals surface area contributed by atoms with Crippen molar-refractivity contribution < 1.29 is 27.5 Å². The van der Waals surface area contributed by atoms with E-state index in [9.17, 15) is 18.0 Å². The number of hydrogen-bond donors (Lipinski definition) is 0. The molecule has 2 aromatic rings. The molecule has 2 aromatic carbocycles. The van der Waals surface area contributed by atoms with Crippen molar-refractivity contribution in [2.75, 3.05) is 55.7 Å². The molecule has 5 rings (SSSR count). The highest BCUT2D eigenvalue weighted by Gasteiger charge is 2.37. The van der Waals surface area contributed by atoms with Gasteiger partial charge in [0, 0.05) is 31.9 Å². The van der Waals surface area contributed by atoms with Gasteiger partial charge in [-0.25, -0.2) is 8.42 Å². The second-order valence-electron chi connectivity index (χ2n) is 9.12. The van der Waals surface area contributed by atoms with Gasteiger partial charge in [0.05, 0.1) is 24.1 Å². The SMILES string of the molecule is O=C([C@H]1COc2ccccc2O1)N1CCN(CC(=O)N(c2ccccc2)[C@@H]2CCS(=O)(=O)C2)CC1. The Labute approximate surface area is 205 Å². The van der Waals surface area contributed by atoms with Crippen molar-refractivity contribution in [3.8, 4) is 11.5 Å². The molecule has 0 spiro atoms. The lowest BCUT2D eigenvalue weighted by Gasteiger charge is -2.38. The summed E-state index contributed by atoms with van der Waals surface area (Å²) in [5, 5.41) is 0. The van der Waals surface area contributed by atoms with Crippen molar-refractivity contribution in [2.24, 2.45) is 0 Å². The molecular weight excluding hydrogens is 470 g/mol. The summed E-state index contributed by atoms with van der Waals surface area (Å²) in [5.41, 5.74) is 0.711. The Kier molecular flexibility index (Phi) is 6.66. The highest BCUT2D eigenvalue weighted by molar-refractivity contribution is 7.91. The fraction of sp³-hybridized carbons (Fsp3) is 0.440. The average Bonchev–Trinajstić information content (AvgIpc) is 3.23. The molecule has 2 atom stereocenters. The molecule has 0 aliphatic carbocycles. The molecule has 3 aliphatic rings. The molecule has 2 fully saturated rings. The van der Waals surface area contributed by atoms with Gasteiger partial charge in [-0.2, -0.15) is 0 Å². The average molecular weight is 500 g/mol. The Morgan fingerprint density at radius 2 is 1.63 bits per heavy atom. The Morgan fingerprint density at radius 1 is 0.943 bits per heavy atom. The Bertz CT molecular complexity index is 1180. The second-order valence-corrected chi connectivity index (χ2v) is 11.4. The first-order valence-corrected chi connectivity index (χ1v) is 13.7. The summed E-state index contributed by atoms with van der Waals surface area (Å²) in [7, 11) is -3.14. The first kappa shape index (κ1) is 23.6. The number of ether oxygens (including phenoxy) is 2. The lowest BCUT2D eigenvalue weighted by Crippen LogP contribution is -2.56. The number of carbonyl (C=O) groups is 2. The van der Waals surface area contributed by atoms with Crippen LogP contribution in [-0.4, -0.2) is 93.0 Å². The van der Waals surface area contributed by atoms with Crippen molar-refractivity contribution >= 4 is 27.3 Å². The number of anilines is 1. The predicted octanol–water partition coefficient (Wildman–Crippen LogP) is 1.19. The van der Waals surface area contributed by atoms with E-state index in [-0.39, 0.29) is 42.5 Å². The molecule has 10 heteroatoms. The highest BCUT2D eigenvalue weighted by atomic mass is 32.2. The van der Waals surface area contributed by atoms with E-state index in [1.807, 2.05) is 53.4 Å². The van der Waals surface area contributed by atoms with E-state index in [4.69, 9.17) is 9.47 Å². The molecule has 186 valence electrons. The van der Waals surface area contributed by atoms with Crippen LogP contribution in [0.25, 0.3) is 0 Å². The minimum atomic E-state index is -3.14. The fourth-order valence-electron chi connectivity index (χ4n) is 4.86. The maximum atomic E-state index is 13.4. The van der Waals surface area contributed by atoms with Gasteiger partial charge >= 0.3 is 0 Å². The Balaban J connectivity index is 1.18. The molecular formula is C25H29N3O6S. The van der Waals surface area contributed by atoms with Gasteiger partial charge < -0.3 is 19.3 Å². The molecule has 0 N–H and O–H groups in total. The Morgan fingerprint density at radius 3 is 2.31 bits per heavy atom. The normalized spacial score (nSPS) is 23.6. The van der Waals surface area contributed by atoms with Crippen LogP contribution in [0.4, 0.5) is 5.69 Å². The summed E-state index contributed by atoms with van der Waals surface area (Å²) >= 11 is 0. The van der Waals surface area contributed by atoms with Crippen LogP contribution in [0.1, 0.15) is 6.42 Å². The van der Waals surface area contributed by atoms with Gasteiger partial charge in [0.2, 0.25) is 12.0 Å². The minimum Gasteiger partial charge on any atom is -0.485 e. The number of fused-ring (bicyclic) bond motifs is 1. The zero-order chi connectivity index (χ0) is 24.4.